The molecule has 1 aromatic carbocycles. The van der Waals surface area contributed by atoms with E-state index in [0.29, 0.717) is 11.7 Å². The maximum absolute atomic E-state index is 5.00. The van der Waals surface area contributed by atoms with Gasteiger partial charge in [-0.15, -0.1) is 11.3 Å². The maximum Gasteiger partial charge on any atom is 0.223 e. The predicted octanol–water partition coefficient (Wildman–Crippen LogP) is 3.17. The van der Waals surface area contributed by atoms with Gasteiger partial charge in [0, 0.05) is 12.5 Å². The normalized spacial score (nSPS) is 10.6. The van der Waals surface area contributed by atoms with Gasteiger partial charge in [0.05, 0.1) is 11.2 Å². The van der Waals surface area contributed by atoms with E-state index in [2.05, 4.69) is 15.1 Å². The van der Waals surface area contributed by atoms with Gasteiger partial charge in [-0.2, -0.15) is 4.98 Å². The molecule has 0 radical (unpaired) electrons. The number of thiazole rings is 1. The van der Waals surface area contributed by atoms with Crippen molar-refractivity contribution in [2.75, 3.05) is 0 Å². The highest BCUT2D eigenvalue weighted by Crippen LogP contribution is 2.32. The van der Waals surface area contributed by atoms with Crippen LogP contribution in [-0.4, -0.2) is 15.1 Å². The van der Waals surface area contributed by atoms with Gasteiger partial charge in [-0.1, -0.05) is 35.5 Å². The summed E-state index contributed by atoms with van der Waals surface area (Å²) in [6.45, 7) is 1.78. The van der Waals surface area contributed by atoms with Crippen LogP contribution in [0.15, 0.2) is 40.4 Å². The summed E-state index contributed by atoms with van der Waals surface area (Å²) in [6.07, 6.45) is 0. The fourth-order valence-corrected chi connectivity index (χ4v) is 2.33. The number of aryl methyl sites for hydroxylation is 1. The molecule has 0 amide bonds. The number of hydrogen-bond acceptors (Lipinski definition) is 5. The third-order valence-corrected chi connectivity index (χ3v) is 3.17. The zero-order valence-corrected chi connectivity index (χ0v) is 9.94. The molecule has 4 nitrogen and oxygen atoms in total. The van der Waals surface area contributed by atoms with Gasteiger partial charge in [-0.3, -0.25) is 0 Å². The molecule has 0 atom stereocenters. The molecule has 0 unspecified atom stereocenters. The van der Waals surface area contributed by atoms with Crippen molar-refractivity contribution in [3.63, 3.8) is 0 Å². The number of rotatable bonds is 2. The molecule has 0 aliphatic carbocycles. The number of benzene rings is 1. The SMILES string of the molecule is Cc1nc(-c2scnc2-c2ccccc2)no1. The number of aromatic nitrogens is 3. The summed E-state index contributed by atoms with van der Waals surface area (Å²) in [5.41, 5.74) is 3.76. The third kappa shape index (κ3) is 1.85. The molecule has 17 heavy (non-hydrogen) atoms. The Morgan fingerprint density at radius 2 is 2.00 bits per heavy atom. The smallest absolute Gasteiger partial charge is 0.223 e. The molecule has 0 fully saturated rings. The van der Waals surface area contributed by atoms with Crippen molar-refractivity contribution >= 4 is 11.3 Å². The van der Waals surface area contributed by atoms with Gasteiger partial charge >= 0.3 is 0 Å². The zero-order valence-electron chi connectivity index (χ0n) is 9.12. The van der Waals surface area contributed by atoms with Crippen molar-refractivity contribution in [1.82, 2.24) is 15.1 Å². The van der Waals surface area contributed by atoms with Crippen LogP contribution in [0, 0.1) is 6.92 Å². The van der Waals surface area contributed by atoms with Crippen LogP contribution in [0.3, 0.4) is 0 Å². The summed E-state index contributed by atoms with van der Waals surface area (Å²) >= 11 is 1.51. The van der Waals surface area contributed by atoms with Crippen LogP contribution in [-0.2, 0) is 0 Å². The monoisotopic (exact) mass is 243 g/mol. The molecule has 0 N–H and O–H groups in total. The molecule has 0 aliphatic heterocycles. The Morgan fingerprint density at radius 1 is 1.18 bits per heavy atom. The van der Waals surface area contributed by atoms with Crippen molar-refractivity contribution in [3.8, 4) is 22.0 Å². The van der Waals surface area contributed by atoms with Crippen LogP contribution < -0.4 is 0 Å². The van der Waals surface area contributed by atoms with Gasteiger partial charge in [-0.05, 0) is 0 Å². The number of nitrogens with zero attached hydrogens (tertiary/aromatic N) is 3. The zero-order chi connectivity index (χ0) is 11.7. The quantitative estimate of drug-likeness (QED) is 0.693. The van der Waals surface area contributed by atoms with Gasteiger partial charge in [0.15, 0.2) is 0 Å². The molecule has 0 saturated heterocycles. The lowest BCUT2D eigenvalue weighted by molar-refractivity contribution is 0.394. The summed E-state index contributed by atoms with van der Waals surface area (Å²) in [7, 11) is 0. The molecule has 0 aliphatic rings. The summed E-state index contributed by atoms with van der Waals surface area (Å²) in [5.74, 6) is 1.16. The first-order chi connectivity index (χ1) is 8.34. The average Bonchev–Trinajstić information content (AvgIpc) is 2.98. The Morgan fingerprint density at radius 3 is 2.71 bits per heavy atom. The molecule has 2 heterocycles. The van der Waals surface area contributed by atoms with E-state index < -0.39 is 0 Å². The topological polar surface area (TPSA) is 51.8 Å². The van der Waals surface area contributed by atoms with Crippen LogP contribution >= 0.6 is 11.3 Å². The van der Waals surface area contributed by atoms with E-state index in [-0.39, 0.29) is 0 Å². The van der Waals surface area contributed by atoms with Crippen LogP contribution in [0.25, 0.3) is 22.0 Å². The molecule has 5 heteroatoms. The van der Waals surface area contributed by atoms with E-state index >= 15 is 0 Å². The Balaban J connectivity index is 2.12. The molecule has 84 valence electrons. The van der Waals surface area contributed by atoms with E-state index in [9.17, 15) is 0 Å². The van der Waals surface area contributed by atoms with E-state index in [1.807, 2.05) is 30.3 Å². The van der Waals surface area contributed by atoms with Gasteiger partial charge in [0.1, 0.15) is 4.88 Å². The van der Waals surface area contributed by atoms with Crippen molar-refractivity contribution in [1.29, 1.82) is 0 Å². The lowest BCUT2D eigenvalue weighted by Crippen LogP contribution is -1.83. The second-order valence-electron chi connectivity index (χ2n) is 3.53. The van der Waals surface area contributed by atoms with E-state index in [1.165, 1.54) is 11.3 Å². The Labute approximate surface area is 102 Å². The fourth-order valence-electron chi connectivity index (χ4n) is 1.60. The highest BCUT2D eigenvalue weighted by molar-refractivity contribution is 7.13. The minimum Gasteiger partial charge on any atom is -0.339 e. The lowest BCUT2D eigenvalue weighted by atomic mass is 10.1. The van der Waals surface area contributed by atoms with Crippen molar-refractivity contribution in [2.24, 2.45) is 0 Å². The van der Waals surface area contributed by atoms with E-state index in [0.717, 1.165) is 16.1 Å². The number of hydrogen-bond donors (Lipinski definition) is 0. The van der Waals surface area contributed by atoms with Crippen molar-refractivity contribution < 1.29 is 4.52 Å². The van der Waals surface area contributed by atoms with Gasteiger partial charge in [-0.25, -0.2) is 4.98 Å². The third-order valence-electron chi connectivity index (χ3n) is 2.35. The second-order valence-corrected chi connectivity index (χ2v) is 4.39. The molecule has 0 spiro atoms. The first-order valence-corrected chi connectivity index (χ1v) is 6.02. The molecular weight excluding hydrogens is 234 g/mol. The van der Waals surface area contributed by atoms with Crippen LogP contribution in [0.5, 0.6) is 0 Å². The van der Waals surface area contributed by atoms with Crippen LogP contribution in [0.4, 0.5) is 0 Å². The summed E-state index contributed by atoms with van der Waals surface area (Å²) in [4.78, 5) is 9.54. The molecule has 3 rings (SSSR count). The molecule has 0 saturated carbocycles. The summed E-state index contributed by atoms with van der Waals surface area (Å²) in [6, 6.07) is 9.99. The van der Waals surface area contributed by atoms with E-state index in [1.54, 1.807) is 12.4 Å². The maximum atomic E-state index is 5.00. The summed E-state index contributed by atoms with van der Waals surface area (Å²) < 4.78 is 5.00. The molecular formula is C12H9N3OS. The average molecular weight is 243 g/mol. The molecule has 2 aromatic heterocycles. The highest BCUT2D eigenvalue weighted by Gasteiger charge is 2.15. The highest BCUT2D eigenvalue weighted by atomic mass is 32.1. The van der Waals surface area contributed by atoms with Crippen LogP contribution in [0.2, 0.25) is 0 Å². The Hall–Kier alpha value is -2.01. The lowest BCUT2D eigenvalue weighted by Gasteiger charge is -1.97. The first-order valence-electron chi connectivity index (χ1n) is 5.14. The van der Waals surface area contributed by atoms with Crippen molar-refractivity contribution in [2.45, 2.75) is 6.92 Å². The minimum atomic E-state index is 0.562. The predicted molar refractivity (Wildman–Crippen MR) is 65.6 cm³/mol. The molecule has 3 aromatic rings. The van der Waals surface area contributed by atoms with Gasteiger partial charge < -0.3 is 4.52 Å². The molecule has 0 bridgehead atoms. The van der Waals surface area contributed by atoms with Crippen molar-refractivity contribution in [3.05, 3.63) is 41.7 Å². The summed E-state index contributed by atoms with van der Waals surface area (Å²) in [5, 5.41) is 3.93. The first kappa shape index (κ1) is 10.2. The van der Waals surface area contributed by atoms with Crippen LogP contribution in [0.1, 0.15) is 5.89 Å². The Kier molecular flexibility index (Phi) is 2.45. The fraction of sp³-hybridized carbons (Fsp3) is 0.0833. The second kappa shape index (κ2) is 4.10. The minimum absolute atomic E-state index is 0.562. The largest absolute Gasteiger partial charge is 0.339 e. The van der Waals surface area contributed by atoms with Gasteiger partial charge in [0.2, 0.25) is 11.7 Å². The standard InChI is InChI=1S/C12H9N3OS/c1-8-14-12(15-16-8)11-10(13-7-17-11)9-5-3-2-4-6-9/h2-7H,1H3. The van der Waals surface area contributed by atoms with Gasteiger partial charge in [0.25, 0.3) is 0 Å². The van der Waals surface area contributed by atoms with E-state index in [4.69, 9.17) is 4.52 Å². The Bertz CT molecular complexity index is 630.